The first-order chi connectivity index (χ1) is 10.2. The van der Waals surface area contributed by atoms with E-state index in [0.717, 1.165) is 43.3 Å². The second-order valence-corrected chi connectivity index (χ2v) is 6.80. The molecule has 1 N–H and O–H groups in total. The van der Waals surface area contributed by atoms with Crippen LogP contribution in [0.25, 0.3) is 0 Å². The average Bonchev–Trinajstić information content (AvgIpc) is 3.36. The summed E-state index contributed by atoms with van der Waals surface area (Å²) < 4.78 is 5.74. The van der Waals surface area contributed by atoms with Crippen LogP contribution in [-0.2, 0) is 11.3 Å². The van der Waals surface area contributed by atoms with Gasteiger partial charge in [-0.3, -0.25) is 0 Å². The van der Waals surface area contributed by atoms with Crippen molar-refractivity contribution in [3.8, 4) is 0 Å². The van der Waals surface area contributed by atoms with Crippen LogP contribution in [0.1, 0.15) is 31.2 Å². The smallest absolute Gasteiger partial charge is 0.0641 e. The second-order valence-electron chi connectivity index (χ2n) is 6.37. The monoisotopic (exact) mass is 308 g/mol. The van der Waals surface area contributed by atoms with Gasteiger partial charge < -0.3 is 15.0 Å². The highest BCUT2D eigenvalue weighted by Crippen LogP contribution is 2.29. The Bertz CT molecular complexity index is 472. The number of likely N-dealkylation sites (N-methyl/N-ethyl adjacent to an activating group) is 1. The molecule has 3 rings (SSSR count). The number of rotatable bonds is 9. The highest BCUT2D eigenvalue weighted by Gasteiger charge is 2.22. The molecule has 0 aliphatic heterocycles. The lowest BCUT2D eigenvalue weighted by molar-refractivity contribution is 0.131. The third kappa shape index (κ3) is 4.87. The van der Waals surface area contributed by atoms with Crippen molar-refractivity contribution in [2.24, 2.45) is 5.92 Å². The van der Waals surface area contributed by atoms with Gasteiger partial charge in [0.05, 0.1) is 6.61 Å². The Kier molecular flexibility index (Phi) is 5.04. The molecule has 116 valence electrons. The van der Waals surface area contributed by atoms with E-state index in [-0.39, 0.29) is 0 Å². The fourth-order valence-electron chi connectivity index (χ4n) is 2.44. The molecule has 0 saturated heterocycles. The van der Waals surface area contributed by atoms with Crippen molar-refractivity contribution in [3.63, 3.8) is 0 Å². The molecule has 0 amide bonds. The third-order valence-electron chi connectivity index (χ3n) is 4.24. The number of nitrogens with one attached hydrogen (secondary N) is 1. The summed E-state index contributed by atoms with van der Waals surface area (Å²) in [5, 5.41) is 4.37. The van der Waals surface area contributed by atoms with E-state index in [1.54, 1.807) is 0 Å². The second kappa shape index (κ2) is 6.99. The molecular formula is C17H25ClN2O. The third-order valence-corrected chi connectivity index (χ3v) is 4.47. The normalized spacial score (nSPS) is 18.0. The quantitative estimate of drug-likeness (QED) is 0.707. The molecule has 2 saturated carbocycles. The van der Waals surface area contributed by atoms with Crippen molar-refractivity contribution in [1.82, 2.24) is 5.32 Å². The molecule has 0 unspecified atom stereocenters. The average molecular weight is 309 g/mol. The molecule has 3 nitrogen and oxygen atoms in total. The van der Waals surface area contributed by atoms with Crippen molar-refractivity contribution in [2.75, 3.05) is 31.7 Å². The number of halogens is 1. The maximum atomic E-state index is 6.17. The highest BCUT2D eigenvalue weighted by atomic mass is 35.5. The number of benzene rings is 1. The van der Waals surface area contributed by atoms with Crippen molar-refractivity contribution in [2.45, 2.75) is 38.3 Å². The molecule has 2 aliphatic rings. The van der Waals surface area contributed by atoms with Gasteiger partial charge >= 0.3 is 0 Å². The summed E-state index contributed by atoms with van der Waals surface area (Å²) in [7, 11) is 2.12. The van der Waals surface area contributed by atoms with Gasteiger partial charge in [-0.25, -0.2) is 0 Å². The Balaban J connectivity index is 1.53. The van der Waals surface area contributed by atoms with Crippen LogP contribution in [0.3, 0.4) is 0 Å². The predicted molar refractivity (Wildman–Crippen MR) is 88.1 cm³/mol. The molecular weight excluding hydrogens is 284 g/mol. The van der Waals surface area contributed by atoms with Crippen molar-refractivity contribution in [3.05, 3.63) is 28.8 Å². The van der Waals surface area contributed by atoms with Gasteiger partial charge in [-0.05, 0) is 49.3 Å². The van der Waals surface area contributed by atoms with Crippen LogP contribution >= 0.6 is 11.6 Å². The fraction of sp³-hybridized carbons (Fsp3) is 0.647. The van der Waals surface area contributed by atoms with Crippen LogP contribution in [0, 0.1) is 5.92 Å². The topological polar surface area (TPSA) is 24.5 Å². The van der Waals surface area contributed by atoms with E-state index in [4.69, 9.17) is 16.3 Å². The predicted octanol–water partition coefficient (Wildman–Crippen LogP) is 3.45. The van der Waals surface area contributed by atoms with Crippen LogP contribution in [0.4, 0.5) is 5.69 Å². The number of hydrogen-bond acceptors (Lipinski definition) is 3. The van der Waals surface area contributed by atoms with Gasteiger partial charge in [0.1, 0.15) is 0 Å². The van der Waals surface area contributed by atoms with Crippen molar-refractivity contribution in [1.29, 1.82) is 0 Å². The molecule has 1 aromatic rings. The van der Waals surface area contributed by atoms with Crippen LogP contribution < -0.4 is 10.2 Å². The summed E-state index contributed by atoms with van der Waals surface area (Å²) in [5.74, 6) is 0.833. The van der Waals surface area contributed by atoms with Gasteiger partial charge in [-0.15, -0.1) is 0 Å². The van der Waals surface area contributed by atoms with Crippen LogP contribution in [0.15, 0.2) is 18.2 Å². The molecule has 0 aromatic heterocycles. The zero-order chi connectivity index (χ0) is 14.7. The number of nitrogens with zero attached hydrogens (tertiary/aromatic N) is 1. The summed E-state index contributed by atoms with van der Waals surface area (Å²) in [5.41, 5.74) is 2.53. The van der Waals surface area contributed by atoms with E-state index in [9.17, 15) is 0 Å². The van der Waals surface area contributed by atoms with Gasteiger partial charge in [0.25, 0.3) is 0 Å². The number of ether oxygens (including phenoxy) is 1. The largest absolute Gasteiger partial charge is 0.379 e. The van der Waals surface area contributed by atoms with Gasteiger partial charge in [0.15, 0.2) is 0 Å². The van der Waals surface area contributed by atoms with E-state index in [0.29, 0.717) is 0 Å². The van der Waals surface area contributed by atoms with Gasteiger partial charge in [0, 0.05) is 43.5 Å². The maximum Gasteiger partial charge on any atom is 0.0641 e. The van der Waals surface area contributed by atoms with E-state index in [1.165, 1.54) is 36.9 Å². The summed E-state index contributed by atoms with van der Waals surface area (Å²) in [4.78, 5) is 2.25. The molecule has 0 spiro atoms. The van der Waals surface area contributed by atoms with Crippen LogP contribution in [0.5, 0.6) is 0 Å². The van der Waals surface area contributed by atoms with E-state index < -0.39 is 0 Å². The lowest BCUT2D eigenvalue weighted by atomic mass is 10.1. The zero-order valence-corrected chi connectivity index (χ0v) is 13.5. The van der Waals surface area contributed by atoms with Gasteiger partial charge in [-0.2, -0.15) is 0 Å². The van der Waals surface area contributed by atoms with E-state index in [2.05, 4.69) is 29.4 Å². The van der Waals surface area contributed by atoms with Crippen LogP contribution in [0.2, 0.25) is 5.02 Å². The minimum Gasteiger partial charge on any atom is -0.379 e. The standard InChI is InChI=1S/C17H25ClN2O/c1-20(8-9-21-12-13-2-3-13)17-10-15(18)5-4-14(17)11-19-16-6-7-16/h4-5,10,13,16,19H,2-3,6-9,11-12H2,1H3. The Morgan fingerprint density at radius 3 is 2.81 bits per heavy atom. The number of hydrogen-bond donors (Lipinski definition) is 1. The Labute approximate surface area is 132 Å². The fourth-order valence-corrected chi connectivity index (χ4v) is 2.61. The maximum absolute atomic E-state index is 6.17. The first kappa shape index (κ1) is 15.1. The number of anilines is 1. The Hall–Kier alpha value is -0.770. The van der Waals surface area contributed by atoms with Crippen molar-refractivity contribution >= 4 is 17.3 Å². The summed E-state index contributed by atoms with van der Waals surface area (Å²) >= 11 is 6.17. The zero-order valence-electron chi connectivity index (χ0n) is 12.8. The molecule has 2 aliphatic carbocycles. The van der Waals surface area contributed by atoms with Gasteiger partial charge in [0.2, 0.25) is 0 Å². The van der Waals surface area contributed by atoms with E-state index >= 15 is 0 Å². The molecule has 0 atom stereocenters. The lowest BCUT2D eigenvalue weighted by Gasteiger charge is -2.23. The SMILES string of the molecule is CN(CCOCC1CC1)c1cc(Cl)ccc1CNC1CC1. The lowest BCUT2D eigenvalue weighted by Crippen LogP contribution is -2.25. The Morgan fingerprint density at radius 2 is 2.10 bits per heavy atom. The van der Waals surface area contributed by atoms with E-state index in [1.807, 2.05) is 6.07 Å². The minimum absolute atomic E-state index is 0.723. The molecule has 2 fully saturated rings. The minimum atomic E-state index is 0.723. The molecule has 1 aromatic carbocycles. The molecule has 0 bridgehead atoms. The first-order valence-corrected chi connectivity index (χ1v) is 8.41. The molecule has 0 radical (unpaired) electrons. The molecule has 21 heavy (non-hydrogen) atoms. The Morgan fingerprint density at radius 1 is 1.29 bits per heavy atom. The highest BCUT2D eigenvalue weighted by molar-refractivity contribution is 6.30. The summed E-state index contributed by atoms with van der Waals surface area (Å²) in [6.45, 7) is 3.54. The summed E-state index contributed by atoms with van der Waals surface area (Å²) in [6, 6.07) is 6.90. The van der Waals surface area contributed by atoms with Crippen molar-refractivity contribution < 1.29 is 4.74 Å². The first-order valence-electron chi connectivity index (χ1n) is 8.03. The molecule has 4 heteroatoms. The molecule has 0 heterocycles. The summed E-state index contributed by atoms with van der Waals surface area (Å²) in [6.07, 6.45) is 5.32. The van der Waals surface area contributed by atoms with Gasteiger partial charge in [-0.1, -0.05) is 17.7 Å². The van der Waals surface area contributed by atoms with Crippen LogP contribution in [-0.4, -0.2) is 32.8 Å².